The minimum Gasteiger partial charge on any atom is -0.491 e. The van der Waals surface area contributed by atoms with Crippen molar-refractivity contribution in [3.05, 3.63) is 42.7 Å². The Morgan fingerprint density at radius 1 is 1.22 bits per heavy atom. The molecule has 0 radical (unpaired) electrons. The summed E-state index contributed by atoms with van der Waals surface area (Å²) >= 11 is 0. The van der Waals surface area contributed by atoms with Crippen LogP contribution in [-0.2, 0) is 0 Å². The summed E-state index contributed by atoms with van der Waals surface area (Å²) in [5.74, 6) is 2.02. The van der Waals surface area contributed by atoms with Crippen molar-refractivity contribution >= 4 is 5.69 Å². The van der Waals surface area contributed by atoms with Crippen LogP contribution >= 0.6 is 0 Å². The van der Waals surface area contributed by atoms with E-state index in [-0.39, 0.29) is 0 Å². The summed E-state index contributed by atoms with van der Waals surface area (Å²) in [6.07, 6.45) is 4.29. The second kappa shape index (κ2) is 5.91. The SMILES string of the molecule is CCCOc1cc(Oc2cccnc2)ccc1N. The molecule has 0 aliphatic heterocycles. The first-order chi connectivity index (χ1) is 8.79. The van der Waals surface area contributed by atoms with Crippen LogP contribution in [0, 0.1) is 0 Å². The maximum atomic E-state index is 5.83. The Labute approximate surface area is 106 Å². The third-order valence-corrected chi connectivity index (χ3v) is 2.32. The Bertz CT molecular complexity index is 500. The first-order valence-electron chi connectivity index (χ1n) is 5.90. The summed E-state index contributed by atoms with van der Waals surface area (Å²) in [6.45, 7) is 2.69. The van der Waals surface area contributed by atoms with Crippen molar-refractivity contribution in [2.24, 2.45) is 0 Å². The summed E-state index contributed by atoms with van der Waals surface area (Å²) < 4.78 is 11.2. The minimum absolute atomic E-state index is 0.613. The van der Waals surface area contributed by atoms with Crippen molar-refractivity contribution in [2.45, 2.75) is 13.3 Å². The van der Waals surface area contributed by atoms with E-state index < -0.39 is 0 Å². The normalized spacial score (nSPS) is 10.1. The second-order valence-corrected chi connectivity index (χ2v) is 3.84. The largest absolute Gasteiger partial charge is 0.491 e. The summed E-state index contributed by atoms with van der Waals surface area (Å²) in [5, 5.41) is 0. The molecule has 1 aromatic carbocycles. The van der Waals surface area contributed by atoms with E-state index in [1.54, 1.807) is 30.6 Å². The van der Waals surface area contributed by atoms with Crippen LogP contribution in [0.3, 0.4) is 0 Å². The summed E-state index contributed by atoms with van der Waals surface area (Å²) in [5.41, 5.74) is 6.44. The molecule has 0 aliphatic rings. The van der Waals surface area contributed by atoms with Gasteiger partial charge in [0.1, 0.15) is 17.2 Å². The molecule has 94 valence electrons. The average Bonchev–Trinajstić information content (AvgIpc) is 2.40. The number of pyridine rings is 1. The predicted octanol–water partition coefficient (Wildman–Crippen LogP) is 3.24. The molecule has 0 saturated carbocycles. The monoisotopic (exact) mass is 244 g/mol. The molecule has 0 saturated heterocycles. The molecular weight excluding hydrogens is 228 g/mol. The maximum absolute atomic E-state index is 5.83. The van der Waals surface area contributed by atoms with Gasteiger partial charge in [-0.2, -0.15) is 0 Å². The number of aromatic nitrogens is 1. The first kappa shape index (κ1) is 12.2. The van der Waals surface area contributed by atoms with E-state index in [1.165, 1.54) is 0 Å². The van der Waals surface area contributed by atoms with Gasteiger partial charge in [0.15, 0.2) is 0 Å². The fourth-order valence-electron chi connectivity index (χ4n) is 1.46. The molecule has 0 spiro atoms. The zero-order chi connectivity index (χ0) is 12.8. The Morgan fingerprint density at radius 3 is 2.83 bits per heavy atom. The van der Waals surface area contributed by atoms with E-state index in [4.69, 9.17) is 15.2 Å². The lowest BCUT2D eigenvalue weighted by atomic mass is 10.3. The van der Waals surface area contributed by atoms with E-state index in [2.05, 4.69) is 4.98 Å². The van der Waals surface area contributed by atoms with Crippen molar-refractivity contribution < 1.29 is 9.47 Å². The number of hydrogen-bond acceptors (Lipinski definition) is 4. The molecule has 4 heteroatoms. The molecule has 1 aromatic heterocycles. The maximum Gasteiger partial charge on any atom is 0.145 e. The van der Waals surface area contributed by atoms with Gasteiger partial charge in [-0.15, -0.1) is 0 Å². The Kier molecular flexibility index (Phi) is 4.02. The van der Waals surface area contributed by atoms with Gasteiger partial charge in [0.2, 0.25) is 0 Å². The van der Waals surface area contributed by atoms with Gasteiger partial charge in [-0.05, 0) is 30.7 Å². The van der Waals surface area contributed by atoms with Crippen LogP contribution in [0.25, 0.3) is 0 Å². The van der Waals surface area contributed by atoms with Gasteiger partial charge in [-0.25, -0.2) is 0 Å². The van der Waals surface area contributed by atoms with Crippen LogP contribution < -0.4 is 15.2 Å². The fourth-order valence-corrected chi connectivity index (χ4v) is 1.46. The van der Waals surface area contributed by atoms with Crippen molar-refractivity contribution in [1.29, 1.82) is 0 Å². The van der Waals surface area contributed by atoms with E-state index in [1.807, 2.05) is 19.1 Å². The molecule has 0 atom stereocenters. The molecule has 1 heterocycles. The van der Waals surface area contributed by atoms with Gasteiger partial charge >= 0.3 is 0 Å². The highest BCUT2D eigenvalue weighted by Crippen LogP contribution is 2.29. The van der Waals surface area contributed by atoms with E-state index >= 15 is 0 Å². The average molecular weight is 244 g/mol. The second-order valence-electron chi connectivity index (χ2n) is 3.84. The van der Waals surface area contributed by atoms with Crippen molar-refractivity contribution in [2.75, 3.05) is 12.3 Å². The standard InChI is InChI=1S/C14H16N2O2/c1-2-8-17-14-9-11(5-6-13(14)15)18-12-4-3-7-16-10-12/h3-7,9-10H,2,8,15H2,1H3. The molecule has 2 rings (SSSR count). The molecule has 0 bridgehead atoms. The van der Waals surface area contributed by atoms with E-state index in [0.29, 0.717) is 29.5 Å². The summed E-state index contributed by atoms with van der Waals surface area (Å²) in [6, 6.07) is 9.03. The molecule has 2 N–H and O–H groups in total. The Hall–Kier alpha value is -2.23. The van der Waals surface area contributed by atoms with E-state index in [9.17, 15) is 0 Å². The number of ether oxygens (including phenoxy) is 2. The van der Waals surface area contributed by atoms with Crippen LogP contribution in [0.15, 0.2) is 42.7 Å². The molecular formula is C14H16N2O2. The highest BCUT2D eigenvalue weighted by Gasteiger charge is 2.04. The zero-order valence-corrected chi connectivity index (χ0v) is 10.3. The third-order valence-electron chi connectivity index (χ3n) is 2.32. The molecule has 0 fully saturated rings. The summed E-state index contributed by atoms with van der Waals surface area (Å²) in [7, 11) is 0. The molecule has 4 nitrogen and oxygen atoms in total. The van der Waals surface area contributed by atoms with Crippen molar-refractivity contribution in [3.8, 4) is 17.2 Å². The van der Waals surface area contributed by atoms with Gasteiger partial charge in [0, 0.05) is 12.3 Å². The van der Waals surface area contributed by atoms with Crippen LogP contribution in [0.2, 0.25) is 0 Å². The van der Waals surface area contributed by atoms with Crippen LogP contribution in [-0.4, -0.2) is 11.6 Å². The van der Waals surface area contributed by atoms with Crippen molar-refractivity contribution in [1.82, 2.24) is 4.98 Å². The molecule has 0 amide bonds. The van der Waals surface area contributed by atoms with Gasteiger partial charge in [-0.1, -0.05) is 6.92 Å². The number of benzene rings is 1. The molecule has 18 heavy (non-hydrogen) atoms. The molecule has 2 aromatic rings. The van der Waals surface area contributed by atoms with Crippen LogP contribution in [0.5, 0.6) is 17.2 Å². The highest BCUT2D eigenvalue weighted by molar-refractivity contribution is 5.56. The Balaban J connectivity index is 2.14. The van der Waals surface area contributed by atoms with Gasteiger partial charge in [0.05, 0.1) is 18.5 Å². The predicted molar refractivity (Wildman–Crippen MR) is 71.0 cm³/mol. The smallest absolute Gasteiger partial charge is 0.145 e. The topological polar surface area (TPSA) is 57.4 Å². The quantitative estimate of drug-likeness (QED) is 0.820. The number of hydrogen-bond donors (Lipinski definition) is 1. The number of anilines is 1. The zero-order valence-electron chi connectivity index (χ0n) is 10.3. The van der Waals surface area contributed by atoms with E-state index in [0.717, 1.165) is 6.42 Å². The fraction of sp³-hybridized carbons (Fsp3) is 0.214. The van der Waals surface area contributed by atoms with Gasteiger partial charge < -0.3 is 15.2 Å². The highest BCUT2D eigenvalue weighted by atomic mass is 16.5. The third kappa shape index (κ3) is 3.13. The number of rotatable bonds is 5. The Morgan fingerprint density at radius 2 is 2.11 bits per heavy atom. The molecule has 0 aliphatic carbocycles. The lowest BCUT2D eigenvalue weighted by molar-refractivity contribution is 0.317. The van der Waals surface area contributed by atoms with Gasteiger partial charge in [0.25, 0.3) is 0 Å². The first-order valence-corrected chi connectivity index (χ1v) is 5.90. The van der Waals surface area contributed by atoms with Crippen molar-refractivity contribution in [3.63, 3.8) is 0 Å². The summed E-state index contributed by atoms with van der Waals surface area (Å²) in [4.78, 5) is 3.99. The lowest BCUT2D eigenvalue weighted by Crippen LogP contribution is -1.99. The number of nitrogens with two attached hydrogens (primary N) is 1. The number of nitrogens with zero attached hydrogens (tertiary/aromatic N) is 1. The van der Waals surface area contributed by atoms with Crippen LogP contribution in [0.4, 0.5) is 5.69 Å². The molecule has 0 unspecified atom stereocenters. The van der Waals surface area contributed by atoms with Gasteiger partial charge in [-0.3, -0.25) is 4.98 Å². The van der Waals surface area contributed by atoms with Crippen LogP contribution in [0.1, 0.15) is 13.3 Å². The minimum atomic E-state index is 0.613. The lowest BCUT2D eigenvalue weighted by Gasteiger charge is -2.10. The number of nitrogen functional groups attached to an aromatic ring is 1.